The second-order valence-corrected chi connectivity index (χ2v) is 7.90. The van der Waals surface area contributed by atoms with Gasteiger partial charge in [0, 0.05) is 4.47 Å². The predicted molar refractivity (Wildman–Crippen MR) is 91.3 cm³/mol. The minimum Gasteiger partial charge on any atom is -0.481 e. The number of carbonyl (C=O) groups is 2. The van der Waals surface area contributed by atoms with Crippen molar-refractivity contribution in [3.8, 4) is 0 Å². The summed E-state index contributed by atoms with van der Waals surface area (Å²) in [5, 5.41) is 12.8. The van der Waals surface area contributed by atoms with Crippen LogP contribution in [-0.4, -0.2) is 22.0 Å². The third-order valence-electron chi connectivity index (χ3n) is 4.63. The lowest BCUT2D eigenvalue weighted by Crippen LogP contribution is -2.36. The fourth-order valence-electron chi connectivity index (χ4n) is 3.66. The molecule has 0 radical (unpaired) electrons. The summed E-state index contributed by atoms with van der Waals surface area (Å²) in [5.41, 5.74) is 0.816. The zero-order valence-corrected chi connectivity index (χ0v) is 14.3. The molecular weight excluding hydrogens is 380 g/mol. The summed E-state index contributed by atoms with van der Waals surface area (Å²) in [7, 11) is 0. The second kappa shape index (κ2) is 5.42. The maximum absolute atomic E-state index is 12.6. The summed E-state index contributed by atoms with van der Waals surface area (Å²) in [6, 6.07) is 5.73. The summed E-state index contributed by atoms with van der Waals surface area (Å²) in [5.74, 6) is -2.29. The smallest absolute Gasteiger partial charge is 0.307 e. The van der Waals surface area contributed by atoms with Crippen molar-refractivity contribution >= 4 is 54.5 Å². The van der Waals surface area contributed by atoms with Crippen LogP contribution in [0.3, 0.4) is 0 Å². The average molecular weight is 393 g/mol. The van der Waals surface area contributed by atoms with Gasteiger partial charge in [-0.3, -0.25) is 9.59 Å². The molecule has 1 saturated carbocycles. The lowest BCUT2D eigenvalue weighted by molar-refractivity contribution is -0.146. The lowest BCUT2D eigenvalue weighted by atomic mass is 9.82. The molecule has 1 aromatic heterocycles. The summed E-state index contributed by atoms with van der Waals surface area (Å²) in [6.45, 7) is 0. The van der Waals surface area contributed by atoms with E-state index in [0.717, 1.165) is 21.1 Å². The highest BCUT2D eigenvalue weighted by Gasteiger charge is 2.51. The Balaban J connectivity index is 1.59. The van der Waals surface area contributed by atoms with E-state index < -0.39 is 17.8 Å². The predicted octanol–water partition coefficient (Wildman–Crippen LogP) is 3.52. The van der Waals surface area contributed by atoms with Crippen molar-refractivity contribution in [2.75, 3.05) is 5.32 Å². The topological polar surface area (TPSA) is 79.3 Å². The number of hydrogen-bond acceptors (Lipinski definition) is 4. The van der Waals surface area contributed by atoms with E-state index in [1.54, 1.807) is 0 Å². The normalized spacial score (nSPS) is 28.4. The van der Waals surface area contributed by atoms with E-state index in [0.29, 0.717) is 5.13 Å². The van der Waals surface area contributed by atoms with E-state index in [9.17, 15) is 14.7 Å². The van der Waals surface area contributed by atoms with Crippen molar-refractivity contribution in [1.29, 1.82) is 0 Å². The minimum atomic E-state index is -0.893. The van der Waals surface area contributed by atoms with Crippen molar-refractivity contribution in [2.45, 2.75) is 6.42 Å². The minimum absolute atomic E-state index is 0.0182. The molecule has 4 atom stereocenters. The molecule has 0 aliphatic heterocycles. The van der Waals surface area contributed by atoms with Crippen LogP contribution in [0.4, 0.5) is 5.13 Å². The third-order valence-corrected chi connectivity index (χ3v) is 6.05. The summed E-state index contributed by atoms with van der Waals surface area (Å²) in [4.78, 5) is 28.5. The fourth-order valence-corrected chi connectivity index (χ4v) is 5.08. The molecule has 0 saturated heterocycles. The number of anilines is 1. The first-order chi connectivity index (χ1) is 11.0. The van der Waals surface area contributed by atoms with Crippen molar-refractivity contribution in [3.63, 3.8) is 0 Å². The molecule has 118 valence electrons. The van der Waals surface area contributed by atoms with E-state index >= 15 is 0 Å². The number of carboxylic acid groups (broad SMARTS) is 1. The van der Waals surface area contributed by atoms with Crippen LogP contribution in [0, 0.1) is 23.7 Å². The van der Waals surface area contributed by atoms with Crippen molar-refractivity contribution in [3.05, 3.63) is 34.8 Å². The summed E-state index contributed by atoms with van der Waals surface area (Å²) < 4.78 is 1.92. The Hall–Kier alpha value is -1.73. The van der Waals surface area contributed by atoms with Crippen LogP contribution in [-0.2, 0) is 9.59 Å². The highest BCUT2D eigenvalue weighted by molar-refractivity contribution is 9.10. The molecule has 2 aliphatic rings. The quantitative estimate of drug-likeness (QED) is 0.783. The van der Waals surface area contributed by atoms with E-state index in [2.05, 4.69) is 26.2 Å². The Labute approximate surface area is 144 Å². The van der Waals surface area contributed by atoms with Gasteiger partial charge in [-0.25, -0.2) is 4.98 Å². The van der Waals surface area contributed by atoms with Crippen LogP contribution in [0.15, 0.2) is 34.8 Å². The van der Waals surface area contributed by atoms with Crippen LogP contribution in [0.1, 0.15) is 6.42 Å². The average Bonchev–Trinajstić information content (AvgIpc) is 3.18. The number of rotatable bonds is 3. The molecule has 2 bridgehead atoms. The zero-order chi connectivity index (χ0) is 16.1. The molecule has 1 amide bonds. The first kappa shape index (κ1) is 14.8. The van der Waals surface area contributed by atoms with Gasteiger partial charge in [-0.05, 0) is 36.5 Å². The SMILES string of the molecule is O=C(O)[C@@H]1[C@H](C(=O)Nc2nc3ccc(Br)cc3s2)[C@@H]2C=C[C@H]1C2. The van der Waals surface area contributed by atoms with Gasteiger partial charge in [0.2, 0.25) is 5.91 Å². The van der Waals surface area contributed by atoms with Crippen LogP contribution >= 0.6 is 27.3 Å². The van der Waals surface area contributed by atoms with Crippen LogP contribution < -0.4 is 5.32 Å². The number of nitrogens with one attached hydrogen (secondary N) is 1. The molecule has 1 fully saturated rings. The number of amides is 1. The molecule has 2 aliphatic carbocycles. The van der Waals surface area contributed by atoms with Gasteiger partial charge >= 0.3 is 5.97 Å². The van der Waals surface area contributed by atoms with Gasteiger partial charge in [-0.15, -0.1) is 0 Å². The third kappa shape index (κ3) is 2.48. The molecule has 0 spiro atoms. The maximum Gasteiger partial charge on any atom is 0.307 e. The maximum atomic E-state index is 12.6. The Morgan fingerprint density at radius 1 is 1.26 bits per heavy atom. The molecule has 2 N–H and O–H groups in total. The Bertz CT molecular complexity index is 847. The van der Waals surface area contributed by atoms with E-state index in [1.165, 1.54) is 11.3 Å². The van der Waals surface area contributed by atoms with Crippen molar-refractivity contribution in [1.82, 2.24) is 4.98 Å². The van der Waals surface area contributed by atoms with Gasteiger partial charge < -0.3 is 10.4 Å². The molecule has 0 unspecified atom stereocenters. The monoisotopic (exact) mass is 392 g/mol. The number of carbonyl (C=O) groups excluding carboxylic acids is 1. The summed E-state index contributed by atoms with van der Waals surface area (Å²) >= 11 is 4.80. The number of fused-ring (bicyclic) bond motifs is 3. The number of thiazole rings is 1. The van der Waals surface area contributed by atoms with Gasteiger partial charge in [0.25, 0.3) is 0 Å². The molecule has 1 aromatic carbocycles. The van der Waals surface area contributed by atoms with Crippen LogP contribution in [0.2, 0.25) is 0 Å². The van der Waals surface area contributed by atoms with Gasteiger partial charge in [0.15, 0.2) is 5.13 Å². The number of hydrogen-bond donors (Lipinski definition) is 2. The van der Waals surface area contributed by atoms with Crippen molar-refractivity contribution < 1.29 is 14.7 Å². The Morgan fingerprint density at radius 2 is 2.00 bits per heavy atom. The Morgan fingerprint density at radius 3 is 2.74 bits per heavy atom. The number of allylic oxidation sites excluding steroid dienone is 2. The van der Waals surface area contributed by atoms with E-state index in [4.69, 9.17) is 0 Å². The number of carboxylic acids is 1. The number of aromatic nitrogens is 1. The molecule has 23 heavy (non-hydrogen) atoms. The summed E-state index contributed by atoms with van der Waals surface area (Å²) in [6.07, 6.45) is 4.66. The van der Waals surface area contributed by atoms with Gasteiger partial charge in [-0.1, -0.05) is 39.4 Å². The first-order valence-corrected chi connectivity index (χ1v) is 8.92. The lowest BCUT2D eigenvalue weighted by Gasteiger charge is -2.23. The molecule has 4 rings (SSSR count). The number of benzene rings is 1. The van der Waals surface area contributed by atoms with Crippen LogP contribution in [0.5, 0.6) is 0 Å². The molecule has 5 nitrogen and oxygen atoms in total. The number of nitrogens with zero attached hydrogens (tertiary/aromatic N) is 1. The van der Waals surface area contributed by atoms with Gasteiger partial charge in [0.1, 0.15) is 0 Å². The standard InChI is InChI=1S/C16H13BrN2O3S/c17-9-3-4-10-11(6-9)23-16(18-10)19-14(20)12-7-1-2-8(5-7)13(12)15(21)22/h1-4,6-8,12-13H,5H2,(H,21,22)(H,18,19,20)/t7-,8+,12-,13+/m1/s1. The Kier molecular flexibility index (Phi) is 3.50. The number of halogens is 1. The first-order valence-electron chi connectivity index (χ1n) is 7.31. The molecule has 2 aromatic rings. The second-order valence-electron chi connectivity index (χ2n) is 5.96. The van der Waals surface area contributed by atoms with Gasteiger partial charge in [0.05, 0.1) is 22.1 Å². The molecule has 1 heterocycles. The highest BCUT2D eigenvalue weighted by atomic mass is 79.9. The van der Waals surface area contributed by atoms with Gasteiger partial charge in [-0.2, -0.15) is 0 Å². The highest BCUT2D eigenvalue weighted by Crippen LogP contribution is 2.48. The molecule has 7 heteroatoms. The fraction of sp³-hybridized carbons (Fsp3) is 0.312. The van der Waals surface area contributed by atoms with E-state index in [-0.39, 0.29) is 17.7 Å². The number of aliphatic carboxylic acids is 1. The molecular formula is C16H13BrN2O3S. The van der Waals surface area contributed by atoms with Crippen LogP contribution in [0.25, 0.3) is 10.2 Å². The van der Waals surface area contributed by atoms with Crippen molar-refractivity contribution in [2.24, 2.45) is 23.7 Å². The van der Waals surface area contributed by atoms with E-state index in [1.807, 2.05) is 30.4 Å². The zero-order valence-electron chi connectivity index (χ0n) is 11.9. The largest absolute Gasteiger partial charge is 0.481 e.